The molecule has 25 heavy (non-hydrogen) atoms. The molecular formula is C19H19N3O2S. The maximum absolute atomic E-state index is 12.1. The number of nitrogens with one attached hydrogen (secondary N) is 1. The maximum Gasteiger partial charge on any atom is 0.226 e. The zero-order valence-electron chi connectivity index (χ0n) is 14.2. The van der Waals surface area contributed by atoms with Gasteiger partial charge >= 0.3 is 0 Å². The van der Waals surface area contributed by atoms with E-state index in [1.54, 1.807) is 30.7 Å². The fraction of sp³-hybridized carbons (Fsp3) is 0.211. The van der Waals surface area contributed by atoms with E-state index in [1.165, 1.54) is 5.56 Å². The summed E-state index contributed by atoms with van der Waals surface area (Å²) in [6.07, 6.45) is 1.96. The number of amides is 1. The summed E-state index contributed by atoms with van der Waals surface area (Å²) < 4.78 is 5.01. The number of aromatic nitrogens is 2. The second-order valence-electron chi connectivity index (χ2n) is 5.68. The van der Waals surface area contributed by atoms with Crippen molar-refractivity contribution in [3.63, 3.8) is 0 Å². The van der Waals surface area contributed by atoms with Crippen molar-refractivity contribution in [1.29, 1.82) is 0 Å². The van der Waals surface area contributed by atoms with Gasteiger partial charge in [-0.25, -0.2) is 9.97 Å². The number of aryl methyl sites for hydroxylation is 1. The number of benzene rings is 1. The second kappa shape index (κ2) is 7.90. The normalized spacial score (nSPS) is 10.5. The van der Waals surface area contributed by atoms with E-state index in [4.69, 9.17) is 4.74 Å². The van der Waals surface area contributed by atoms with Crippen molar-refractivity contribution in [1.82, 2.24) is 15.3 Å². The summed E-state index contributed by atoms with van der Waals surface area (Å²) in [4.78, 5) is 20.8. The van der Waals surface area contributed by atoms with Crippen molar-refractivity contribution >= 4 is 17.2 Å². The SMILES string of the molecule is COc1ccc(CNC(=O)Cc2csc(-c3cccc(C)c3)n2)cn1. The molecule has 0 saturated carbocycles. The quantitative estimate of drug-likeness (QED) is 0.738. The molecule has 0 aliphatic carbocycles. The number of thiazole rings is 1. The monoisotopic (exact) mass is 353 g/mol. The Bertz CT molecular complexity index is 859. The van der Waals surface area contributed by atoms with Gasteiger partial charge in [0, 0.05) is 29.8 Å². The van der Waals surface area contributed by atoms with Crippen LogP contribution in [-0.2, 0) is 17.8 Å². The van der Waals surface area contributed by atoms with E-state index < -0.39 is 0 Å². The molecule has 0 bridgehead atoms. The van der Waals surface area contributed by atoms with Gasteiger partial charge in [0.05, 0.1) is 19.2 Å². The van der Waals surface area contributed by atoms with Gasteiger partial charge in [-0.15, -0.1) is 11.3 Å². The molecule has 1 amide bonds. The molecular weight excluding hydrogens is 334 g/mol. The minimum absolute atomic E-state index is 0.0584. The van der Waals surface area contributed by atoms with Crippen LogP contribution in [0, 0.1) is 6.92 Å². The van der Waals surface area contributed by atoms with Gasteiger partial charge in [-0.3, -0.25) is 4.79 Å². The molecule has 6 heteroatoms. The van der Waals surface area contributed by atoms with Gasteiger partial charge in [0.25, 0.3) is 0 Å². The molecule has 128 valence electrons. The minimum atomic E-state index is -0.0584. The summed E-state index contributed by atoms with van der Waals surface area (Å²) in [7, 11) is 1.57. The molecule has 3 rings (SSSR count). The standard InChI is InChI=1S/C19H19N3O2S/c1-13-4-3-5-15(8-13)19-22-16(12-25-19)9-17(23)20-10-14-6-7-18(24-2)21-11-14/h3-8,11-12H,9-10H2,1-2H3,(H,20,23). The van der Waals surface area contributed by atoms with Crippen LogP contribution in [0.2, 0.25) is 0 Å². The van der Waals surface area contributed by atoms with Crippen molar-refractivity contribution in [2.45, 2.75) is 19.9 Å². The number of carbonyl (C=O) groups excluding carboxylic acids is 1. The highest BCUT2D eigenvalue weighted by Crippen LogP contribution is 2.24. The highest BCUT2D eigenvalue weighted by molar-refractivity contribution is 7.13. The van der Waals surface area contributed by atoms with Crippen LogP contribution in [0.15, 0.2) is 48.0 Å². The molecule has 2 heterocycles. The molecule has 1 aromatic carbocycles. The van der Waals surface area contributed by atoms with Crippen LogP contribution >= 0.6 is 11.3 Å². The third-order valence-electron chi connectivity index (χ3n) is 3.65. The Morgan fingerprint density at radius 1 is 1.28 bits per heavy atom. The van der Waals surface area contributed by atoms with Gasteiger partial charge in [-0.1, -0.05) is 29.8 Å². The summed E-state index contributed by atoms with van der Waals surface area (Å²) in [5, 5.41) is 5.76. The predicted octanol–water partition coefficient (Wildman–Crippen LogP) is 3.38. The molecule has 0 aliphatic rings. The van der Waals surface area contributed by atoms with E-state index >= 15 is 0 Å². The number of carbonyl (C=O) groups is 1. The first kappa shape index (κ1) is 17.1. The van der Waals surface area contributed by atoms with E-state index in [9.17, 15) is 4.79 Å². The largest absolute Gasteiger partial charge is 0.481 e. The summed E-state index contributed by atoms with van der Waals surface area (Å²) in [5.74, 6) is 0.498. The third-order valence-corrected chi connectivity index (χ3v) is 4.60. The first-order chi connectivity index (χ1) is 12.1. The van der Waals surface area contributed by atoms with Crippen LogP contribution in [0.3, 0.4) is 0 Å². The van der Waals surface area contributed by atoms with E-state index in [1.807, 2.05) is 23.6 Å². The van der Waals surface area contributed by atoms with E-state index in [2.05, 4.69) is 34.3 Å². The van der Waals surface area contributed by atoms with Crippen molar-refractivity contribution in [2.24, 2.45) is 0 Å². The number of pyridine rings is 1. The highest BCUT2D eigenvalue weighted by Gasteiger charge is 2.09. The number of rotatable bonds is 6. The van der Waals surface area contributed by atoms with Crippen LogP contribution in [0.4, 0.5) is 0 Å². The van der Waals surface area contributed by atoms with Gasteiger partial charge in [-0.2, -0.15) is 0 Å². The second-order valence-corrected chi connectivity index (χ2v) is 6.53. The Balaban J connectivity index is 1.56. The molecule has 1 N–H and O–H groups in total. The maximum atomic E-state index is 12.1. The molecule has 0 radical (unpaired) electrons. The first-order valence-corrected chi connectivity index (χ1v) is 8.79. The fourth-order valence-corrected chi connectivity index (χ4v) is 3.18. The lowest BCUT2D eigenvalue weighted by atomic mass is 10.1. The number of nitrogens with zero attached hydrogens (tertiary/aromatic N) is 2. The van der Waals surface area contributed by atoms with Gasteiger partial charge < -0.3 is 10.1 Å². The average molecular weight is 353 g/mol. The number of methoxy groups -OCH3 is 1. The third kappa shape index (κ3) is 4.64. The molecule has 3 aromatic rings. The Labute approximate surface area is 150 Å². The van der Waals surface area contributed by atoms with E-state index in [0.717, 1.165) is 21.8 Å². The van der Waals surface area contributed by atoms with Gasteiger partial charge in [0.15, 0.2) is 0 Å². The first-order valence-electron chi connectivity index (χ1n) is 7.91. The van der Waals surface area contributed by atoms with Crippen molar-refractivity contribution in [3.8, 4) is 16.5 Å². The average Bonchev–Trinajstić information content (AvgIpc) is 3.09. The van der Waals surface area contributed by atoms with E-state index in [-0.39, 0.29) is 12.3 Å². The Morgan fingerprint density at radius 3 is 2.88 bits per heavy atom. The molecule has 0 saturated heterocycles. The molecule has 5 nitrogen and oxygen atoms in total. The van der Waals surface area contributed by atoms with Gasteiger partial charge in [0.2, 0.25) is 11.8 Å². The lowest BCUT2D eigenvalue weighted by molar-refractivity contribution is -0.120. The Hall–Kier alpha value is -2.73. The summed E-state index contributed by atoms with van der Waals surface area (Å²) in [6.45, 7) is 2.49. The number of hydrogen-bond acceptors (Lipinski definition) is 5. The van der Waals surface area contributed by atoms with Crippen molar-refractivity contribution in [3.05, 3.63) is 64.8 Å². The topological polar surface area (TPSA) is 64.1 Å². The zero-order valence-corrected chi connectivity index (χ0v) is 15.0. The van der Waals surface area contributed by atoms with Crippen molar-refractivity contribution in [2.75, 3.05) is 7.11 Å². The number of hydrogen-bond donors (Lipinski definition) is 1. The molecule has 2 aromatic heterocycles. The van der Waals surface area contributed by atoms with Crippen LogP contribution in [-0.4, -0.2) is 23.0 Å². The van der Waals surface area contributed by atoms with Gasteiger partial charge in [0.1, 0.15) is 5.01 Å². The molecule has 0 aliphatic heterocycles. The summed E-state index contributed by atoms with van der Waals surface area (Å²) in [6, 6.07) is 11.9. The van der Waals surface area contributed by atoms with Gasteiger partial charge in [-0.05, 0) is 18.6 Å². The number of ether oxygens (including phenoxy) is 1. The van der Waals surface area contributed by atoms with Crippen LogP contribution in [0.5, 0.6) is 5.88 Å². The lowest BCUT2D eigenvalue weighted by Crippen LogP contribution is -2.24. The Kier molecular flexibility index (Phi) is 5.40. The summed E-state index contributed by atoms with van der Waals surface area (Å²) >= 11 is 1.56. The zero-order chi connectivity index (χ0) is 17.6. The lowest BCUT2D eigenvalue weighted by Gasteiger charge is -2.05. The van der Waals surface area contributed by atoms with Crippen LogP contribution in [0.1, 0.15) is 16.8 Å². The fourth-order valence-electron chi connectivity index (χ4n) is 2.36. The van der Waals surface area contributed by atoms with Crippen molar-refractivity contribution < 1.29 is 9.53 Å². The smallest absolute Gasteiger partial charge is 0.226 e. The molecule has 0 unspecified atom stereocenters. The summed E-state index contributed by atoms with van der Waals surface area (Å²) in [5.41, 5.74) is 3.99. The predicted molar refractivity (Wildman–Crippen MR) is 98.6 cm³/mol. The van der Waals surface area contributed by atoms with Crippen LogP contribution < -0.4 is 10.1 Å². The van der Waals surface area contributed by atoms with E-state index in [0.29, 0.717) is 12.4 Å². The molecule has 0 spiro atoms. The minimum Gasteiger partial charge on any atom is -0.481 e. The Morgan fingerprint density at radius 2 is 2.16 bits per heavy atom. The van der Waals surface area contributed by atoms with Crippen LogP contribution in [0.25, 0.3) is 10.6 Å². The highest BCUT2D eigenvalue weighted by atomic mass is 32.1. The molecule has 0 atom stereocenters. The molecule has 0 fully saturated rings.